The first-order valence-electron chi connectivity index (χ1n) is 11.7. The van der Waals surface area contributed by atoms with Gasteiger partial charge in [-0.15, -0.1) is 0 Å². The van der Waals surface area contributed by atoms with Gasteiger partial charge in [0, 0.05) is 38.4 Å². The summed E-state index contributed by atoms with van der Waals surface area (Å²) in [5, 5.41) is 13.2. The molecule has 0 amide bonds. The van der Waals surface area contributed by atoms with Crippen LogP contribution >= 0.6 is 0 Å². The Hall–Kier alpha value is -2.44. The summed E-state index contributed by atoms with van der Waals surface area (Å²) in [5.41, 5.74) is 3.42. The van der Waals surface area contributed by atoms with Crippen LogP contribution in [0.3, 0.4) is 0 Å². The number of nitrogens with one attached hydrogen (secondary N) is 1. The second-order valence-corrected chi connectivity index (χ2v) is 8.68. The molecule has 1 fully saturated rings. The molecule has 0 unspecified atom stereocenters. The quantitative estimate of drug-likeness (QED) is 0.602. The molecule has 2 aliphatic heterocycles. The van der Waals surface area contributed by atoms with Gasteiger partial charge in [0.05, 0.1) is 0 Å². The number of benzene rings is 1. The Morgan fingerprint density at radius 2 is 1.84 bits per heavy atom. The molecule has 0 radical (unpaired) electrons. The van der Waals surface area contributed by atoms with E-state index in [1.807, 2.05) is 30.3 Å². The van der Waals surface area contributed by atoms with E-state index in [2.05, 4.69) is 27.2 Å². The van der Waals surface area contributed by atoms with Crippen LogP contribution in [0, 0.1) is 0 Å². The third kappa shape index (κ3) is 5.83. The molecule has 1 aromatic heterocycles. The topological polar surface area (TPSA) is 68.7 Å². The largest absolute Gasteiger partial charge is 0.480 e. The van der Waals surface area contributed by atoms with Gasteiger partial charge in [0.15, 0.2) is 0 Å². The van der Waals surface area contributed by atoms with Gasteiger partial charge in [0.25, 0.3) is 0 Å². The highest BCUT2D eigenvalue weighted by atomic mass is 16.4. The number of carbonyl (C=O) groups is 1. The summed E-state index contributed by atoms with van der Waals surface area (Å²) in [6.45, 7) is 5.62. The molecule has 1 saturated heterocycles. The average molecular weight is 423 g/mol. The van der Waals surface area contributed by atoms with Crippen LogP contribution in [0.2, 0.25) is 0 Å². The number of fused-ring (bicyclic) bond motifs is 1. The highest BCUT2D eigenvalue weighted by Gasteiger charge is 2.29. The summed E-state index contributed by atoms with van der Waals surface area (Å²) in [6, 6.07) is 13.5. The summed E-state index contributed by atoms with van der Waals surface area (Å²) in [6.07, 6.45) is 6.94. The first kappa shape index (κ1) is 21.8. The van der Waals surface area contributed by atoms with Gasteiger partial charge in [-0.05, 0) is 55.8 Å². The Labute approximate surface area is 185 Å². The van der Waals surface area contributed by atoms with Crippen LogP contribution in [0.25, 0.3) is 0 Å². The van der Waals surface area contributed by atoms with Crippen molar-refractivity contribution < 1.29 is 9.90 Å². The molecule has 0 aliphatic carbocycles. The SMILES string of the molecule is O=C(O)[C@H](c1ccccc1)N1CCN(CCCCCc2ccc3c(n2)NCCC3)CC1. The fourth-order valence-electron chi connectivity index (χ4n) is 4.72. The lowest BCUT2D eigenvalue weighted by molar-refractivity contribution is -0.144. The molecule has 4 rings (SSSR count). The minimum atomic E-state index is -0.759. The third-order valence-corrected chi connectivity index (χ3v) is 6.48. The van der Waals surface area contributed by atoms with Crippen molar-refractivity contribution in [3.05, 3.63) is 59.3 Å². The van der Waals surface area contributed by atoms with Crippen molar-refractivity contribution in [1.82, 2.24) is 14.8 Å². The van der Waals surface area contributed by atoms with Crippen molar-refractivity contribution in [1.29, 1.82) is 0 Å². The molecule has 0 saturated carbocycles. The minimum absolute atomic E-state index is 0.540. The summed E-state index contributed by atoms with van der Waals surface area (Å²) >= 11 is 0. The summed E-state index contributed by atoms with van der Waals surface area (Å²) < 4.78 is 0. The smallest absolute Gasteiger partial charge is 0.325 e. The summed E-state index contributed by atoms with van der Waals surface area (Å²) in [7, 11) is 0. The Kier molecular flexibility index (Phi) is 7.54. The van der Waals surface area contributed by atoms with E-state index >= 15 is 0 Å². The lowest BCUT2D eigenvalue weighted by Crippen LogP contribution is -2.49. The fourth-order valence-corrected chi connectivity index (χ4v) is 4.72. The lowest BCUT2D eigenvalue weighted by atomic mass is 10.0. The van der Waals surface area contributed by atoms with Gasteiger partial charge in [-0.25, -0.2) is 4.98 Å². The van der Waals surface area contributed by atoms with Gasteiger partial charge < -0.3 is 15.3 Å². The van der Waals surface area contributed by atoms with Gasteiger partial charge in [0.1, 0.15) is 11.9 Å². The zero-order valence-corrected chi connectivity index (χ0v) is 18.3. The summed E-state index contributed by atoms with van der Waals surface area (Å²) in [4.78, 5) is 21.2. The van der Waals surface area contributed by atoms with Crippen LogP contribution in [-0.2, 0) is 17.6 Å². The normalized spacial score (nSPS) is 18.2. The number of rotatable bonds is 9. The minimum Gasteiger partial charge on any atom is -0.480 e. The van der Waals surface area contributed by atoms with Crippen molar-refractivity contribution in [2.75, 3.05) is 44.6 Å². The van der Waals surface area contributed by atoms with Crippen molar-refractivity contribution in [2.24, 2.45) is 0 Å². The number of anilines is 1. The maximum Gasteiger partial charge on any atom is 0.325 e. The first-order chi connectivity index (χ1) is 15.2. The van der Waals surface area contributed by atoms with E-state index in [-0.39, 0.29) is 0 Å². The Balaban J connectivity index is 1.16. The first-order valence-corrected chi connectivity index (χ1v) is 11.7. The Morgan fingerprint density at radius 1 is 1.03 bits per heavy atom. The van der Waals surface area contributed by atoms with Gasteiger partial charge in [-0.2, -0.15) is 0 Å². The zero-order valence-electron chi connectivity index (χ0n) is 18.3. The van der Waals surface area contributed by atoms with Crippen molar-refractivity contribution in [3.8, 4) is 0 Å². The van der Waals surface area contributed by atoms with Crippen LogP contribution in [0.4, 0.5) is 5.82 Å². The number of aliphatic carboxylic acids is 1. The number of unbranched alkanes of at least 4 members (excludes halogenated alkanes) is 2. The molecular formula is C25H34N4O2. The van der Waals surface area contributed by atoms with Crippen molar-refractivity contribution in [2.45, 2.75) is 44.6 Å². The number of carboxylic acid groups (broad SMARTS) is 1. The maximum absolute atomic E-state index is 11.9. The number of piperazine rings is 1. The molecule has 3 heterocycles. The van der Waals surface area contributed by atoms with E-state index in [4.69, 9.17) is 4.98 Å². The van der Waals surface area contributed by atoms with Gasteiger partial charge in [-0.1, -0.05) is 42.8 Å². The van der Waals surface area contributed by atoms with Crippen LogP contribution in [0.15, 0.2) is 42.5 Å². The predicted octanol–water partition coefficient (Wildman–Crippen LogP) is 3.60. The standard InChI is InChI=1S/C25H34N4O2/c30-25(31)23(20-8-3-1-4-9-20)29-18-16-28(17-19-29)15-6-2-5-11-22-13-12-21-10-7-14-26-24(21)27-22/h1,3-4,8-9,12-13,23H,2,5-7,10-11,14-19H2,(H,26,27)(H,30,31)/t23-/m0/s1. The van der Waals surface area contributed by atoms with E-state index in [9.17, 15) is 9.90 Å². The van der Waals surface area contributed by atoms with E-state index in [0.29, 0.717) is 0 Å². The number of hydrogen-bond acceptors (Lipinski definition) is 5. The number of hydrogen-bond donors (Lipinski definition) is 2. The average Bonchev–Trinajstić information content (AvgIpc) is 2.80. The summed E-state index contributed by atoms with van der Waals surface area (Å²) in [5.74, 6) is 0.336. The molecule has 2 N–H and O–H groups in total. The number of nitrogens with zero attached hydrogens (tertiary/aromatic N) is 3. The number of pyridine rings is 1. The van der Waals surface area contributed by atoms with E-state index in [0.717, 1.165) is 63.5 Å². The Morgan fingerprint density at radius 3 is 2.61 bits per heavy atom. The maximum atomic E-state index is 11.9. The Bertz CT molecular complexity index is 850. The second kappa shape index (κ2) is 10.7. The van der Waals surface area contributed by atoms with Gasteiger partial charge in [0.2, 0.25) is 0 Å². The monoisotopic (exact) mass is 422 g/mol. The number of aromatic nitrogens is 1. The fraction of sp³-hybridized carbons (Fsp3) is 0.520. The van der Waals surface area contributed by atoms with Gasteiger partial charge in [-0.3, -0.25) is 9.69 Å². The molecule has 6 heteroatoms. The van der Waals surface area contributed by atoms with Crippen molar-refractivity contribution >= 4 is 11.8 Å². The van der Waals surface area contributed by atoms with Crippen LogP contribution in [-0.4, -0.2) is 65.1 Å². The van der Waals surface area contributed by atoms with Gasteiger partial charge >= 0.3 is 5.97 Å². The molecule has 1 aromatic carbocycles. The van der Waals surface area contributed by atoms with E-state index < -0.39 is 12.0 Å². The molecule has 0 spiro atoms. The molecule has 31 heavy (non-hydrogen) atoms. The highest BCUT2D eigenvalue weighted by Crippen LogP contribution is 2.23. The van der Waals surface area contributed by atoms with Crippen LogP contribution in [0.5, 0.6) is 0 Å². The van der Waals surface area contributed by atoms with E-state index in [1.165, 1.54) is 36.9 Å². The van der Waals surface area contributed by atoms with E-state index in [1.54, 1.807) is 0 Å². The predicted molar refractivity (Wildman–Crippen MR) is 123 cm³/mol. The molecule has 6 nitrogen and oxygen atoms in total. The molecule has 1 atom stereocenters. The number of aryl methyl sites for hydroxylation is 2. The lowest BCUT2D eigenvalue weighted by Gasteiger charge is -2.37. The van der Waals surface area contributed by atoms with Crippen LogP contribution in [0.1, 0.15) is 48.5 Å². The van der Waals surface area contributed by atoms with Crippen molar-refractivity contribution in [3.63, 3.8) is 0 Å². The zero-order chi connectivity index (χ0) is 21.5. The van der Waals surface area contributed by atoms with Crippen LogP contribution < -0.4 is 5.32 Å². The number of carboxylic acids is 1. The molecule has 2 aliphatic rings. The molecule has 0 bridgehead atoms. The molecule has 166 valence electrons. The second-order valence-electron chi connectivity index (χ2n) is 8.68. The highest BCUT2D eigenvalue weighted by molar-refractivity contribution is 5.75. The molecule has 2 aromatic rings. The third-order valence-electron chi connectivity index (χ3n) is 6.48. The molecular weight excluding hydrogens is 388 g/mol.